The van der Waals surface area contributed by atoms with Gasteiger partial charge in [0.25, 0.3) is 0 Å². The molecule has 2 heteroatoms. The van der Waals surface area contributed by atoms with E-state index in [0.29, 0.717) is 0 Å². The van der Waals surface area contributed by atoms with Crippen LogP contribution in [0.25, 0.3) is 0 Å². The van der Waals surface area contributed by atoms with Crippen LogP contribution in [0.1, 0.15) is 28.6 Å². The van der Waals surface area contributed by atoms with Crippen LogP contribution in [0.4, 0.5) is 0 Å². The predicted octanol–water partition coefficient (Wildman–Crippen LogP) is 4.53. The SMILES string of the molecule is C=CCCc1ncccc1C(Cl)c1ccccc1. The van der Waals surface area contributed by atoms with Crippen molar-refractivity contribution in [2.24, 2.45) is 0 Å². The van der Waals surface area contributed by atoms with Crippen molar-refractivity contribution in [1.29, 1.82) is 0 Å². The third kappa shape index (κ3) is 2.99. The number of halogens is 1. The number of hydrogen-bond donors (Lipinski definition) is 0. The third-order valence-electron chi connectivity index (χ3n) is 2.88. The Kier molecular flexibility index (Phi) is 4.54. The summed E-state index contributed by atoms with van der Waals surface area (Å²) in [7, 11) is 0. The maximum absolute atomic E-state index is 6.55. The highest BCUT2D eigenvalue weighted by Gasteiger charge is 2.14. The minimum absolute atomic E-state index is 0.139. The normalized spacial score (nSPS) is 12.1. The second kappa shape index (κ2) is 6.36. The van der Waals surface area contributed by atoms with Crippen LogP contribution in [-0.4, -0.2) is 4.98 Å². The zero-order valence-electron chi connectivity index (χ0n) is 10.2. The largest absolute Gasteiger partial charge is 0.261 e. The zero-order chi connectivity index (χ0) is 12.8. The number of allylic oxidation sites excluding steroid dienone is 1. The monoisotopic (exact) mass is 257 g/mol. The van der Waals surface area contributed by atoms with E-state index in [1.165, 1.54) is 0 Å². The van der Waals surface area contributed by atoms with Crippen molar-refractivity contribution in [2.75, 3.05) is 0 Å². The molecule has 0 aliphatic carbocycles. The minimum atomic E-state index is -0.139. The Labute approximate surface area is 113 Å². The summed E-state index contributed by atoms with van der Waals surface area (Å²) in [5.41, 5.74) is 3.25. The second-order valence-electron chi connectivity index (χ2n) is 4.14. The van der Waals surface area contributed by atoms with E-state index in [-0.39, 0.29) is 5.38 Å². The van der Waals surface area contributed by atoms with Gasteiger partial charge in [-0.1, -0.05) is 42.5 Å². The molecule has 92 valence electrons. The van der Waals surface area contributed by atoms with E-state index < -0.39 is 0 Å². The molecule has 1 unspecified atom stereocenters. The average Bonchev–Trinajstić information content (AvgIpc) is 2.45. The summed E-state index contributed by atoms with van der Waals surface area (Å²) in [6, 6.07) is 14.1. The van der Waals surface area contributed by atoms with Gasteiger partial charge < -0.3 is 0 Å². The Hall–Kier alpha value is -1.60. The van der Waals surface area contributed by atoms with E-state index in [1.54, 1.807) is 0 Å². The maximum atomic E-state index is 6.55. The van der Waals surface area contributed by atoms with E-state index in [1.807, 2.05) is 48.7 Å². The smallest absolute Gasteiger partial charge is 0.0852 e. The third-order valence-corrected chi connectivity index (χ3v) is 3.36. The Balaban J connectivity index is 2.29. The summed E-state index contributed by atoms with van der Waals surface area (Å²) in [4.78, 5) is 4.43. The standard InChI is InChI=1S/C16H16ClN/c1-2-3-11-15-14(10-7-12-18-15)16(17)13-8-5-4-6-9-13/h2,4-10,12,16H,1,3,11H2. The minimum Gasteiger partial charge on any atom is -0.261 e. The first-order valence-corrected chi connectivity index (χ1v) is 6.50. The van der Waals surface area contributed by atoms with Crippen molar-refractivity contribution in [3.05, 3.63) is 78.1 Å². The van der Waals surface area contributed by atoms with Gasteiger partial charge in [0.1, 0.15) is 0 Å². The van der Waals surface area contributed by atoms with Crippen LogP contribution in [0.5, 0.6) is 0 Å². The molecule has 1 heterocycles. The van der Waals surface area contributed by atoms with Crippen molar-refractivity contribution in [2.45, 2.75) is 18.2 Å². The molecule has 1 aromatic heterocycles. The molecule has 0 N–H and O–H groups in total. The molecule has 1 atom stereocenters. The Morgan fingerprint density at radius 2 is 1.94 bits per heavy atom. The number of rotatable bonds is 5. The molecule has 2 rings (SSSR count). The molecule has 1 nitrogen and oxygen atoms in total. The molecule has 0 radical (unpaired) electrons. The van der Waals surface area contributed by atoms with E-state index in [0.717, 1.165) is 29.7 Å². The van der Waals surface area contributed by atoms with Gasteiger partial charge in [0, 0.05) is 11.9 Å². The van der Waals surface area contributed by atoms with Crippen LogP contribution >= 0.6 is 11.6 Å². The van der Waals surface area contributed by atoms with E-state index in [2.05, 4.69) is 17.6 Å². The van der Waals surface area contributed by atoms with E-state index in [9.17, 15) is 0 Å². The van der Waals surface area contributed by atoms with Gasteiger partial charge in [-0.2, -0.15) is 0 Å². The fraction of sp³-hybridized carbons (Fsp3) is 0.188. The van der Waals surface area contributed by atoms with Crippen molar-refractivity contribution < 1.29 is 0 Å². The van der Waals surface area contributed by atoms with Gasteiger partial charge in [-0.25, -0.2) is 0 Å². The zero-order valence-corrected chi connectivity index (χ0v) is 11.0. The molecular formula is C16H16ClN. The van der Waals surface area contributed by atoms with Gasteiger partial charge in [-0.15, -0.1) is 18.2 Å². The van der Waals surface area contributed by atoms with Gasteiger partial charge >= 0.3 is 0 Å². The van der Waals surface area contributed by atoms with Crippen LogP contribution in [-0.2, 0) is 6.42 Å². The Morgan fingerprint density at radius 3 is 2.67 bits per heavy atom. The molecule has 1 aromatic carbocycles. The lowest BCUT2D eigenvalue weighted by Gasteiger charge is -2.13. The van der Waals surface area contributed by atoms with Crippen LogP contribution in [0, 0.1) is 0 Å². The van der Waals surface area contributed by atoms with Crippen molar-refractivity contribution in [1.82, 2.24) is 4.98 Å². The van der Waals surface area contributed by atoms with E-state index in [4.69, 9.17) is 11.6 Å². The van der Waals surface area contributed by atoms with Gasteiger partial charge in [-0.05, 0) is 30.0 Å². The Morgan fingerprint density at radius 1 is 1.17 bits per heavy atom. The number of aryl methyl sites for hydroxylation is 1. The summed E-state index contributed by atoms with van der Waals surface area (Å²) in [5.74, 6) is 0. The van der Waals surface area contributed by atoms with Gasteiger partial charge in [0.15, 0.2) is 0 Å². The first-order valence-electron chi connectivity index (χ1n) is 6.06. The molecule has 18 heavy (non-hydrogen) atoms. The van der Waals surface area contributed by atoms with Crippen LogP contribution in [0.2, 0.25) is 0 Å². The van der Waals surface area contributed by atoms with Gasteiger partial charge in [-0.3, -0.25) is 4.98 Å². The average molecular weight is 258 g/mol. The molecular weight excluding hydrogens is 242 g/mol. The fourth-order valence-corrected chi connectivity index (χ4v) is 2.27. The number of alkyl halides is 1. The highest BCUT2D eigenvalue weighted by molar-refractivity contribution is 6.22. The van der Waals surface area contributed by atoms with Crippen molar-refractivity contribution >= 4 is 11.6 Å². The quantitative estimate of drug-likeness (QED) is 0.567. The lowest BCUT2D eigenvalue weighted by atomic mass is 10.0. The first-order chi connectivity index (χ1) is 8.83. The number of benzene rings is 1. The fourth-order valence-electron chi connectivity index (χ4n) is 1.93. The lowest BCUT2D eigenvalue weighted by Crippen LogP contribution is -2.01. The van der Waals surface area contributed by atoms with Crippen molar-refractivity contribution in [3.63, 3.8) is 0 Å². The maximum Gasteiger partial charge on any atom is 0.0852 e. The second-order valence-corrected chi connectivity index (χ2v) is 4.58. The predicted molar refractivity (Wildman–Crippen MR) is 76.9 cm³/mol. The molecule has 0 amide bonds. The number of aromatic nitrogens is 1. The summed E-state index contributed by atoms with van der Waals surface area (Å²) in [6.07, 6.45) is 5.53. The van der Waals surface area contributed by atoms with Crippen LogP contribution < -0.4 is 0 Å². The topological polar surface area (TPSA) is 12.9 Å². The van der Waals surface area contributed by atoms with Crippen LogP contribution in [0.15, 0.2) is 61.3 Å². The summed E-state index contributed by atoms with van der Waals surface area (Å²) in [6.45, 7) is 3.75. The molecule has 0 fully saturated rings. The van der Waals surface area contributed by atoms with Gasteiger partial charge in [0.05, 0.1) is 5.38 Å². The molecule has 0 aliphatic rings. The molecule has 0 aliphatic heterocycles. The first kappa shape index (κ1) is 12.8. The number of nitrogens with zero attached hydrogens (tertiary/aromatic N) is 1. The van der Waals surface area contributed by atoms with E-state index >= 15 is 0 Å². The Bertz CT molecular complexity index is 508. The highest BCUT2D eigenvalue weighted by Crippen LogP contribution is 2.30. The molecule has 0 bridgehead atoms. The molecule has 0 saturated heterocycles. The molecule has 2 aromatic rings. The highest BCUT2D eigenvalue weighted by atomic mass is 35.5. The van der Waals surface area contributed by atoms with Gasteiger partial charge in [0.2, 0.25) is 0 Å². The summed E-state index contributed by atoms with van der Waals surface area (Å²) >= 11 is 6.55. The van der Waals surface area contributed by atoms with Crippen molar-refractivity contribution in [3.8, 4) is 0 Å². The number of hydrogen-bond acceptors (Lipinski definition) is 1. The van der Waals surface area contributed by atoms with Crippen LogP contribution in [0.3, 0.4) is 0 Å². The molecule has 0 spiro atoms. The summed E-state index contributed by atoms with van der Waals surface area (Å²) < 4.78 is 0. The lowest BCUT2D eigenvalue weighted by molar-refractivity contribution is 0.906. The summed E-state index contributed by atoms with van der Waals surface area (Å²) in [5, 5.41) is -0.139. The number of pyridine rings is 1. The molecule has 0 saturated carbocycles.